The van der Waals surface area contributed by atoms with Gasteiger partial charge in [-0.15, -0.1) is 0 Å². The quantitative estimate of drug-likeness (QED) is 0.562. The first-order chi connectivity index (χ1) is 9.06. The van der Waals surface area contributed by atoms with E-state index in [9.17, 15) is 0 Å². The summed E-state index contributed by atoms with van der Waals surface area (Å²) in [5.41, 5.74) is 0. The van der Waals surface area contributed by atoms with Gasteiger partial charge in [0.05, 0.1) is 10.0 Å². The average molecular weight is 370 g/mol. The Morgan fingerprint density at radius 2 is 1.11 bits per heavy atom. The van der Waals surface area contributed by atoms with Crippen LogP contribution in [0.5, 0.6) is 0 Å². The molecule has 0 aliphatic carbocycles. The SMILES string of the molecule is Clc1ccc(Cl)c(S[N]Sc2cc(Cl)ccc2Cl)c1. The minimum absolute atomic E-state index is 0.607. The van der Waals surface area contributed by atoms with Crippen LogP contribution < -0.4 is 4.13 Å². The smallest absolute Gasteiger partial charge is 0.0556 e. The summed E-state index contributed by atoms with van der Waals surface area (Å²) in [6.45, 7) is 0. The Bertz CT molecular complexity index is 540. The van der Waals surface area contributed by atoms with E-state index >= 15 is 0 Å². The normalized spacial score (nSPS) is 10.7. The molecule has 0 bridgehead atoms. The van der Waals surface area contributed by atoms with E-state index in [2.05, 4.69) is 4.13 Å². The molecule has 19 heavy (non-hydrogen) atoms. The van der Waals surface area contributed by atoms with Crippen molar-refractivity contribution in [1.82, 2.24) is 4.13 Å². The molecule has 1 nitrogen and oxygen atoms in total. The van der Waals surface area contributed by atoms with Crippen molar-refractivity contribution < 1.29 is 0 Å². The average Bonchev–Trinajstić information content (AvgIpc) is 2.38. The molecule has 0 amide bonds. The van der Waals surface area contributed by atoms with Crippen molar-refractivity contribution in [3.8, 4) is 0 Å². The van der Waals surface area contributed by atoms with Crippen molar-refractivity contribution in [2.75, 3.05) is 0 Å². The second kappa shape index (κ2) is 7.32. The monoisotopic (exact) mass is 368 g/mol. The topological polar surface area (TPSA) is 14.1 Å². The van der Waals surface area contributed by atoms with E-state index in [0.717, 1.165) is 9.79 Å². The highest BCUT2D eigenvalue weighted by molar-refractivity contribution is 8.12. The molecule has 0 heterocycles. The molecule has 0 fully saturated rings. The van der Waals surface area contributed by atoms with Gasteiger partial charge in [-0.2, -0.15) is 0 Å². The highest BCUT2D eigenvalue weighted by atomic mass is 35.5. The van der Waals surface area contributed by atoms with Gasteiger partial charge in [-0.1, -0.05) is 50.5 Å². The van der Waals surface area contributed by atoms with Crippen LogP contribution in [-0.2, 0) is 0 Å². The Morgan fingerprint density at radius 3 is 1.53 bits per heavy atom. The standard InChI is InChI=1S/C12H6Cl4NS2/c13-7-1-3-9(15)11(5-7)18-17-19-12-6-8(14)2-4-10(12)16/h1-6H. The van der Waals surface area contributed by atoms with Crippen molar-refractivity contribution >= 4 is 70.3 Å². The first kappa shape index (κ1) is 15.6. The van der Waals surface area contributed by atoms with Gasteiger partial charge in [0.25, 0.3) is 0 Å². The van der Waals surface area contributed by atoms with Crippen LogP contribution in [0.4, 0.5) is 0 Å². The maximum absolute atomic E-state index is 6.04. The minimum atomic E-state index is 0.607. The number of nitrogens with zero attached hydrogens (tertiary/aromatic N) is 1. The van der Waals surface area contributed by atoms with Crippen LogP contribution in [0.1, 0.15) is 0 Å². The van der Waals surface area contributed by atoms with E-state index in [4.69, 9.17) is 46.4 Å². The van der Waals surface area contributed by atoms with Crippen LogP contribution >= 0.6 is 70.3 Å². The van der Waals surface area contributed by atoms with Crippen LogP contribution in [0.2, 0.25) is 20.1 Å². The van der Waals surface area contributed by atoms with Gasteiger partial charge < -0.3 is 0 Å². The molecule has 7 heteroatoms. The molecule has 0 saturated carbocycles. The molecule has 0 atom stereocenters. The van der Waals surface area contributed by atoms with Crippen LogP contribution in [-0.4, -0.2) is 0 Å². The van der Waals surface area contributed by atoms with Gasteiger partial charge >= 0.3 is 0 Å². The van der Waals surface area contributed by atoms with E-state index in [1.54, 1.807) is 36.4 Å². The Kier molecular flexibility index (Phi) is 6.03. The maximum Gasteiger partial charge on any atom is 0.0556 e. The van der Waals surface area contributed by atoms with Crippen molar-refractivity contribution in [1.29, 1.82) is 0 Å². The van der Waals surface area contributed by atoms with Gasteiger partial charge in [-0.3, -0.25) is 0 Å². The fraction of sp³-hybridized carbons (Fsp3) is 0. The van der Waals surface area contributed by atoms with Crippen LogP contribution in [0.15, 0.2) is 46.2 Å². The third-order valence-corrected chi connectivity index (χ3v) is 5.08. The number of halogens is 4. The Hall–Kier alpha value is 0.260. The van der Waals surface area contributed by atoms with Gasteiger partial charge in [-0.05, 0) is 60.3 Å². The fourth-order valence-electron chi connectivity index (χ4n) is 1.19. The zero-order valence-corrected chi connectivity index (χ0v) is 13.9. The lowest BCUT2D eigenvalue weighted by Crippen LogP contribution is -1.84. The third kappa shape index (κ3) is 4.64. The van der Waals surface area contributed by atoms with Gasteiger partial charge in [0.2, 0.25) is 0 Å². The van der Waals surface area contributed by atoms with E-state index in [1.165, 1.54) is 23.9 Å². The predicted molar refractivity (Wildman–Crippen MR) is 86.8 cm³/mol. The largest absolute Gasteiger partial charge is 0.0967 e. The van der Waals surface area contributed by atoms with Gasteiger partial charge in [-0.25, -0.2) is 0 Å². The van der Waals surface area contributed by atoms with Crippen molar-refractivity contribution in [3.05, 3.63) is 56.5 Å². The second-order valence-electron chi connectivity index (χ2n) is 3.41. The lowest BCUT2D eigenvalue weighted by Gasteiger charge is -2.05. The lowest BCUT2D eigenvalue weighted by atomic mass is 10.4. The number of hydrogen-bond donors (Lipinski definition) is 0. The Balaban J connectivity index is 2.00. The van der Waals surface area contributed by atoms with Gasteiger partial charge in [0, 0.05) is 19.8 Å². The van der Waals surface area contributed by atoms with Crippen LogP contribution in [0.3, 0.4) is 0 Å². The van der Waals surface area contributed by atoms with Gasteiger partial charge in [0.1, 0.15) is 0 Å². The van der Waals surface area contributed by atoms with Crippen LogP contribution in [0, 0.1) is 0 Å². The summed E-state index contributed by atoms with van der Waals surface area (Å²) in [4.78, 5) is 1.58. The van der Waals surface area contributed by atoms with Gasteiger partial charge in [0.15, 0.2) is 0 Å². The minimum Gasteiger partial charge on any atom is -0.0967 e. The molecule has 0 saturated heterocycles. The summed E-state index contributed by atoms with van der Waals surface area (Å²) >= 11 is 26.4. The zero-order chi connectivity index (χ0) is 13.8. The fourth-order valence-corrected chi connectivity index (χ4v) is 3.57. The summed E-state index contributed by atoms with van der Waals surface area (Å²) in [7, 11) is 0. The molecular formula is C12H6Cl4NS2. The summed E-state index contributed by atoms with van der Waals surface area (Å²) in [5.74, 6) is 0. The number of benzene rings is 2. The highest BCUT2D eigenvalue weighted by Gasteiger charge is 2.06. The molecule has 2 rings (SSSR count). The molecule has 0 spiro atoms. The molecular weight excluding hydrogens is 364 g/mol. The molecule has 0 aliphatic rings. The second-order valence-corrected chi connectivity index (χ2v) is 6.93. The first-order valence-electron chi connectivity index (χ1n) is 5.01. The van der Waals surface area contributed by atoms with E-state index < -0.39 is 0 Å². The van der Waals surface area contributed by atoms with E-state index in [1.807, 2.05) is 0 Å². The summed E-state index contributed by atoms with van der Waals surface area (Å²) in [6.07, 6.45) is 0. The highest BCUT2D eigenvalue weighted by Crippen LogP contribution is 2.34. The number of rotatable bonds is 4. The molecule has 2 aromatic rings. The maximum atomic E-state index is 6.04. The lowest BCUT2D eigenvalue weighted by molar-refractivity contribution is 1.42. The summed E-state index contributed by atoms with van der Waals surface area (Å²) in [6, 6.07) is 10.5. The Labute approximate surface area is 140 Å². The molecule has 1 radical (unpaired) electrons. The van der Waals surface area contributed by atoms with Crippen molar-refractivity contribution in [2.45, 2.75) is 9.79 Å². The summed E-state index contributed by atoms with van der Waals surface area (Å²) in [5, 5.41) is 2.45. The zero-order valence-electron chi connectivity index (χ0n) is 9.24. The first-order valence-corrected chi connectivity index (χ1v) is 8.06. The van der Waals surface area contributed by atoms with Crippen molar-refractivity contribution in [3.63, 3.8) is 0 Å². The molecule has 0 N–H and O–H groups in total. The molecule has 0 aliphatic heterocycles. The van der Waals surface area contributed by atoms with Crippen molar-refractivity contribution in [2.24, 2.45) is 0 Å². The predicted octanol–water partition coefficient (Wildman–Crippen LogP) is 6.62. The number of hydrogen-bond acceptors (Lipinski definition) is 2. The van der Waals surface area contributed by atoms with E-state index in [-0.39, 0.29) is 0 Å². The summed E-state index contributed by atoms with van der Waals surface area (Å²) < 4.78 is 4.26. The third-order valence-electron chi connectivity index (χ3n) is 2.06. The molecule has 0 unspecified atom stereocenters. The van der Waals surface area contributed by atoms with Crippen LogP contribution in [0.25, 0.3) is 0 Å². The molecule has 99 valence electrons. The molecule has 0 aromatic heterocycles. The Morgan fingerprint density at radius 1 is 0.684 bits per heavy atom. The molecule has 2 aromatic carbocycles. The van der Waals surface area contributed by atoms with E-state index in [0.29, 0.717) is 20.1 Å².